The Hall–Kier alpha value is -0.480. The monoisotopic (exact) mass is 255 g/mol. The Morgan fingerprint density at radius 3 is 2.88 bits per heavy atom. The van der Waals surface area contributed by atoms with E-state index in [9.17, 15) is 0 Å². The maximum absolute atomic E-state index is 4.57. The molecule has 0 saturated heterocycles. The molecule has 0 amide bonds. The van der Waals surface area contributed by atoms with Crippen molar-refractivity contribution in [2.24, 2.45) is 0 Å². The number of aromatic nitrogens is 2. The number of rotatable bonds is 8. The van der Waals surface area contributed by atoms with E-state index in [1.54, 1.807) is 0 Å². The molecular weight excluding hydrogens is 230 g/mol. The largest absolute Gasteiger partial charge is 0.311 e. The highest BCUT2D eigenvalue weighted by atomic mass is 32.2. The maximum atomic E-state index is 4.57. The molecule has 4 heteroatoms. The molecule has 1 N–H and O–H groups in total. The van der Waals surface area contributed by atoms with Crippen molar-refractivity contribution in [1.29, 1.82) is 0 Å². The summed E-state index contributed by atoms with van der Waals surface area (Å²) in [7, 11) is 0. The number of hydrogen-bond donors (Lipinski definition) is 1. The lowest BCUT2D eigenvalue weighted by atomic mass is 10.3. The Labute approximate surface area is 109 Å². The van der Waals surface area contributed by atoms with E-state index in [4.69, 9.17) is 0 Å². The Morgan fingerprint density at radius 2 is 2.24 bits per heavy atom. The fourth-order valence-corrected chi connectivity index (χ4v) is 1.90. The van der Waals surface area contributed by atoms with Gasteiger partial charge in [0.1, 0.15) is 0 Å². The summed E-state index contributed by atoms with van der Waals surface area (Å²) in [5, 5.41) is 8.75. The summed E-state index contributed by atoms with van der Waals surface area (Å²) in [5.41, 5.74) is 1.14. The summed E-state index contributed by atoms with van der Waals surface area (Å²) in [4.78, 5) is 0. The second kappa shape index (κ2) is 7.77. The molecule has 98 valence electrons. The topological polar surface area (TPSA) is 29.9 Å². The number of thioether (sulfide) groups is 1. The standard InChI is InChI=1S/C13H25N3S/c1-5-11(2)16-9-7-13(15-16)10-14-8-6-12(3)17-4/h7,9,11-12,14H,5-6,8,10H2,1-4H3. The van der Waals surface area contributed by atoms with Gasteiger partial charge in [-0.3, -0.25) is 4.68 Å². The van der Waals surface area contributed by atoms with E-state index in [0.29, 0.717) is 6.04 Å². The summed E-state index contributed by atoms with van der Waals surface area (Å²) >= 11 is 1.92. The summed E-state index contributed by atoms with van der Waals surface area (Å²) < 4.78 is 2.06. The molecule has 1 aromatic rings. The van der Waals surface area contributed by atoms with Crippen LogP contribution in [-0.2, 0) is 6.54 Å². The zero-order valence-electron chi connectivity index (χ0n) is 11.4. The second-order valence-corrected chi connectivity index (χ2v) is 5.83. The summed E-state index contributed by atoms with van der Waals surface area (Å²) in [6.07, 6.45) is 6.58. The lowest BCUT2D eigenvalue weighted by molar-refractivity contribution is 0.471. The van der Waals surface area contributed by atoms with Gasteiger partial charge in [0.25, 0.3) is 0 Å². The van der Waals surface area contributed by atoms with Crippen molar-refractivity contribution in [3.63, 3.8) is 0 Å². The van der Waals surface area contributed by atoms with Gasteiger partial charge in [-0.1, -0.05) is 13.8 Å². The Balaban J connectivity index is 2.25. The molecule has 0 radical (unpaired) electrons. The van der Waals surface area contributed by atoms with Crippen LogP contribution in [-0.4, -0.2) is 27.8 Å². The second-order valence-electron chi connectivity index (χ2n) is 4.56. The minimum atomic E-state index is 0.500. The molecule has 0 aliphatic heterocycles. The van der Waals surface area contributed by atoms with Gasteiger partial charge in [0.2, 0.25) is 0 Å². The van der Waals surface area contributed by atoms with Crippen molar-refractivity contribution in [2.75, 3.05) is 12.8 Å². The van der Waals surface area contributed by atoms with E-state index in [-0.39, 0.29) is 0 Å². The lowest BCUT2D eigenvalue weighted by Crippen LogP contribution is -2.18. The van der Waals surface area contributed by atoms with Gasteiger partial charge in [-0.2, -0.15) is 16.9 Å². The van der Waals surface area contributed by atoms with Gasteiger partial charge in [-0.05, 0) is 38.6 Å². The summed E-state index contributed by atoms with van der Waals surface area (Å²) in [5.74, 6) is 0. The fourth-order valence-electron chi connectivity index (χ4n) is 1.54. The smallest absolute Gasteiger partial charge is 0.0762 e. The molecule has 0 aliphatic carbocycles. The van der Waals surface area contributed by atoms with Crippen molar-refractivity contribution >= 4 is 11.8 Å². The van der Waals surface area contributed by atoms with E-state index in [2.05, 4.69) is 54.4 Å². The van der Waals surface area contributed by atoms with E-state index in [1.807, 2.05) is 11.8 Å². The first-order valence-corrected chi connectivity index (χ1v) is 7.73. The maximum Gasteiger partial charge on any atom is 0.0762 e. The molecular formula is C13H25N3S. The first-order chi connectivity index (χ1) is 8.17. The highest BCUT2D eigenvalue weighted by Gasteiger charge is 2.04. The van der Waals surface area contributed by atoms with Crippen LogP contribution in [0.2, 0.25) is 0 Å². The first kappa shape index (κ1) is 14.6. The van der Waals surface area contributed by atoms with Crippen LogP contribution in [0.3, 0.4) is 0 Å². The molecule has 0 saturated carbocycles. The summed E-state index contributed by atoms with van der Waals surface area (Å²) in [6, 6.07) is 2.61. The van der Waals surface area contributed by atoms with Crippen LogP contribution >= 0.6 is 11.8 Å². The highest BCUT2D eigenvalue weighted by molar-refractivity contribution is 7.99. The molecule has 2 atom stereocenters. The van der Waals surface area contributed by atoms with Crippen molar-refractivity contribution in [2.45, 2.75) is 51.4 Å². The van der Waals surface area contributed by atoms with E-state index in [0.717, 1.165) is 30.5 Å². The highest BCUT2D eigenvalue weighted by Crippen LogP contribution is 2.10. The minimum Gasteiger partial charge on any atom is -0.311 e. The number of nitrogens with zero attached hydrogens (tertiary/aromatic N) is 2. The van der Waals surface area contributed by atoms with E-state index < -0.39 is 0 Å². The SMILES string of the molecule is CCC(C)n1ccc(CNCCC(C)SC)n1. The molecule has 3 nitrogen and oxygen atoms in total. The van der Waals surface area contributed by atoms with Gasteiger partial charge < -0.3 is 5.32 Å². The molecule has 1 rings (SSSR count). The normalized spacial score (nSPS) is 14.8. The molecule has 0 aromatic carbocycles. The summed E-state index contributed by atoms with van der Waals surface area (Å²) in [6.45, 7) is 8.60. The predicted molar refractivity (Wildman–Crippen MR) is 76.5 cm³/mol. The average Bonchev–Trinajstić information content (AvgIpc) is 2.82. The Kier molecular flexibility index (Phi) is 6.66. The van der Waals surface area contributed by atoms with Gasteiger partial charge >= 0.3 is 0 Å². The fraction of sp³-hybridized carbons (Fsp3) is 0.769. The Morgan fingerprint density at radius 1 is 1.47 bits per heavy atom. The molecule has 0 fully saturated rings. The van der Waals surface area contributed by atoms with E-state index in [1.165, 1.54) is 6.42 Å². The molecule has 0 bridgehead atoms. The van der Waals surface area contributed by atoms with Gasteiger partial charge in [0, 0.05) is 24.0 Å². The minimum absolute atomic E-state index is 0.500. The molecule has 1 heterocycles. The van der Waals surface area contributed by atoms with E-state index >= 15 is 0 Å². The van der Waals surface area contributed by atoms with Gasteiger partial charge in [-0.15, -0.1) is 0 Å². The van der Waals surface area contributed by atoms with Crippen molar-refractivity contribution in [3.05, 3.63) is 18.0 Å². The number of nitrogens with one attached hydrogen (secondary N) is 1. The lowest BCUT2D eigenvalue weighted by Gasteiger charge is -2.09. The van der Waals surface area contributed by atoms with Crippen LogP contribution in [0.5, 0.6) is 0 Å². The van der Waals surface area contributed by atoms with Crippen LogP contribution in [0, 0.1) is 0 Å². The van der Waals surface area contributed by atoms with Crippen LogP contribution in [0.4, 0.5) is 0 Å². The van der Waals surface area contributed by atoms with Crippen molar-refractivity contribution < 1.29 is 0 Å². The third-order valence-corrected chi connectivity index (χ3v) is 4.18. The van der Waals surface area contributed by atoms with Gasteiger partial charge in [0.15, 0.2) is 0 Å². The number of hydrogen-bond acceptors (Lipinski definition) is 3. The average molecular weight is 255 g/mol. The van der Waals surface area contributed by atoms with Gasteiger partial charge in [0.05, 0.1) is 5.69 Å². The zero-order valence-corrected chi connectivity index (χ0v) is 12.3. The Bertz CT molecular complexity index is 311. The van der Waals surface area contributed by atoms with Crippen LogP contribution in [0.15, 0.2) is 12.3 Å². The van der Waals surface area contributed by atoms with Crippen LogP contribution in [0.25, 0.3) is 0 Å². The molecule has 0 aliphatic rings. The third kappa shape index (κ3) is 5.13. The predicted octanol–water partition coefficient (Wildman–Crippen LogP) is 3.09. The third-order valence-electron chi connectivity index (χ3n) is 3.14. The molecule has 17 heavy (non-hydrogen) atoms. The van der Waals surface area contributed by atoms with Crippen molar-refractivity contribution in [1.82, 2.24) is 15.1 Å². The quantitative estimate of drug-likeness (QED) is 0.724. The van der Waals surface area contributed by atoms with Crippen LogP contribution < -0.4 is 5.32 Å². The molecule has 1 aromatic heterocycles. The van der Waals surface area contributed by atoms with Crippen molar-refractivity contribution in [3.8, 4) is 0 Å². The first-order valence-electron chi connectivity index (χ1n) is 6.44. The molecule has 2 unspecified atom stereocenters. The molecule has 0 spiro atoms. The van der Waals surface area contributed by atoms with Crippen LogP contribution in [0.1, 0.15) is 45.3 Å². The van der Waals surface area contributed by atoms with Gasteiger partial charge in [-0.25, -0.2) is 0 Å². The zero-order chi connectivity index (χ0) is 12.7.